The van der Waals surface area contributed by atoms with Crippen LogP contribution in [0.4, 0.5) is 24.8 Å². The quantitative estimate of drug-likeness (QED) is 0.647. The topological polar surface area (TPSA) is 110 Å². The van der Waals surface area contributed by atoms with Crippen molar-refractivity contribution >= 4 is 23.2 Å². The predicted octanol–water partition coefficient (Wildman–Crippen LogP) is 1.55. The van der Waals surface area contributed by atoms with Crippen LogP contribution in [0, 0.1) is 0 Å². The van der Waals surface area contributed by atoms with E-state index >= 15 is 0 Å². The van der Waals surface area contributed by atoms with E-state index in [4.69, 9.17) is 5.73 Å². The second-order valence-corrected chi connectivity index (χ2v) is 5.38. The highest BCUT2D eigenvalue weighted by molar-refractivity contribution is 5.91. The van der Waals surface area contributed by atoms with Gasteiger partial charge in [0.1, 0.15) is 5.82 Å². The van der Waals surface area contributed by atoms with Crippen LogP contribution < -0.4 is 16.4 Å². The van der Waals surface area contributed by atoms with Gasteiger partial charge in [-0.1, -0.05) is 0 Å². The summed E-state index contributed by atoms with van der Waals surface area (Å²) in [4.78, 5) is 19.3. The summed E-state index contributed by atoms with van der Waals surface area (Å²) in [7, 11) is 1.63. The van der Waals surface area contributed by atoms with Gasteiger partial charge in [0.05, 0.1) is 24.0 Å². The van der Waals surface area contributed by atoms with Crippen molar-refractivity contribution in [1.82, 2.24) is 24.9 Å². The van der Waals surface area contributed by atoms with E-state index in [0.717, 1.165) is 6.07 Å². The van der Waals surface area contributed by atoms with E-state index in [0.29, 0.717) is 5.65 Å². The molecule has 8 nitrogen and oxygen atoms in total. The number of hydrogen-bond acceptors (Lipinski definition) is 6. The molecule has 0 unspecified atom stereocenters. The molecule has 11 heteroatoms. The van der Waals surface area contributed by atoms with E-state index in [1.54, 1.807) is 13.1 Å². The van der Waals surface area contributed by atoms with Crippen LogP contribution in [0.15, 0.2) is 30.6 Å². The average molecular weight is 365 g/mol. The minimum absolute atomic E-state index is 0.115. The second-order valence-electron chi connectivity index (χ2n) is 5.38. The molecule has 0 radical (unpaired) electrons. The number of nitrogens with two attached hydrogens (primary N) is 1. The Kier molecular flexibility index (Phi) is 4.47. The maximum atomic E-state index is 13.0. The van der Waals surface area contributed by atoms with Gasteiger partial charge in [-0.2, -0.15) is 18.3 Å². The van der Waals surface area contributed by atoms with Gasteiger partial charge in [-0.15, -0.1) is 0 Å². The summed E-state index contributed by atoms with van der Waals surface area (Å²) in [6.07, 6.45) is -1.94. The molecule has 0 aliphatic heterocycles. The predicted molar refractivity (Wildman–Crippen MR) is 88.2 cm³/mol. The number of nitrogens with zero attached hydrogens (tertiary/aromatic N) is 4. The lowest BCUT2D eigenvalue weighted by Gasteiger charge is -2.10. The van der Waals surface area contributed by atoms with Crippen LogP contribution in [0.5, 0.6) is 0 Å². The van der Waals surface area contributed by atoms with E-state index in [9.17, 15) is 18.0 Å². The maximum absolute atomic E-state index is 13.0. The maximum Gasteiger partial charge on any atom is 0.419 e. The van der Waals surface area contributed by atoms with Gasteiger partial charge in [0, 0.05) is 11.8 Å². The summed E-state index contributed by atoms with van der Waals surface area (Å²) in [6, 6.07) is 3.97. The Morgan fingerprint density at radius 3 is 2.81 bits per heavy atom. The van der Waals surface area contributed by atoms with Crippen molar-refractivity contribution < 1.29 is 18.0 Å². The lowest BCUT2D eigenvalue weighted by atomic mass is 10.1. The summed E-state index contributed by atoms with van der Waals surface area (Å²) >= 11 is 0. The minimum Gasteiger partial charge on any atom is -0.383 e. The normalized spacial score (nSPS) is 11.7. The molecule has 3 heterocycles. The van der Waals surface area contributed by atoms with Crippen LogP contribution in [0.3, 0.4) is 0 Å². The minimum atomic E-state index is -4.61. The number of pyridine rings is 1. The van der Waals surface area contributed by atoms with Crippen molar-refractivity contribution in [2.45, 2.75) is 6.18 Å². The van der Waals surface area contributed by atoms with E-state index in [-0.39, 0.29) is 29.5 Å². The zero-order valence-electron chi connectivity index (χ0n) is 13.5. The molecule has 0 saturated heterocycles. The first kappa shape index (κ1) is 17.6. The zero-order chi connectivity index (χ0) is 18.9. The third-order valence-corrected chi connectivity index (χ3v) is 3.44. The molecule has 4 N–H and O–H groups in total. The number of hydrogen-bond donors (Lipinski definition) is 3. The Morgan fingerprint density at radius 1 is 1.35 bits per heavy atom. The monoisotopic (exact) mass is 365 g/mol. The van der Waals surface area contributed by atoms with Crippen molar-refractivity contribution in [3.63, 3.8) is 0 Å². The number of imidazole rings is 1. The van der Waals surface area contributed by atoms with Crippen molar-refractivity contribution in [3.8, 4) is 11.3 Å². The molecule has 0 saturated carbocycles. The number of nitrogen functional groups attached to an aromatic ring is 1. The highest BCUT2D eigenvalue weighted by atomic mass is 19.4. The summed E-state index contributed by atoms with van der Waals surface area (Å²) in [5.41, 5.74) is 5.11. The molecule has 0 aliphatic carbocycles. The van der Waals surface area contributed by atoms with Gasteiger partial charge in [-0.25, -0.2) is 14.5 Å². The molecule has 0 fully saturated rings. The molecule has 0 aromatic carbocycles. The lowest BCUT2D eigenvalue weighted by molar-refractivity contribution is -0.137. The highest BCUT2D eigenvalue weighted by Crippen LogP contribution is 2.34. The third-order valence-electron chi connectivity index (χ3n) is 3.44. The molecule has 3 aromatic rings. The first-order valence-electron chi connectivity index (χ1n) is 7.42. The van der Waals surface area contributed by atoms with Crippen LogP contribution in [-0.2, 0) is 11.0 Å². The number of alkyl halides is 3. The Bertz CT molecular complexity index is 968. The SMILES string of the molecule is CNCC(=O)Nc1cn2nc(-c3cnc(N)c(C(F)(F)F)c3)ccc2n1. The molecule has 1 amide bonds. The molecule has 0 aliphatic rings. The van der Waals surface area contributed by atoms with Crippen LogP contribution in [0.2, 0.25) is 0 Å². The Hall–Kier alpha value is -3.21. The molecule has 0 atom stereocenters. The average Bonchev–Trinajstić information content (AvgIpc) is 2.95. The third kappa shape index (κ3) is 3.57. The van der Waals surface area contributed by atoms with Crippen molar-refractivity contribution in [1.29, 1.82) is 0 Å². The van der Waals surface area contributed by atoms with E-state index in [1.807, 2.05) is 0 Å². The van der Waals surface area contributed by atoms with Crippen LogP contribution >= 0.6 is 0 Å². The molecule has 3 rings (SSSR count). The Morgan fingerprint density at radius 2 is 2.12 bits per heavy atom. The number of carbonyl (C=O) groups excluding carboxylic acids is 1. The van der Waals surface area contributed by atoms with Gasteiger partial charge in [0.15, 0.2) is 11.5 Å². The number of aromatic nitrogens is 4. The molecular formula is C15H14F3N7O. The summed E-state index contributed by atoms with van der Waals surface area (Å²) in [5.74, 6) is -0.602. The number of carbonyl (C=O) groups is 1. The van der Waals surface area contributed by atoms with Gasteiger partial charge in [-0.3, -0.25) is 4.79 Å². The highest BCUT2D eigenvalue weighted by Gasteiger charge is 2.34. The van der Waals surface area contributed by atoms with Crippen LogP contribution in [0.25, 0.3) is 16.9 Å². The number of anilines is 2. The number of rotatable bonds is 4. The van der Waals surface area contributed by atoms with E-state index in [2.05, 4.69) is 25.7 Å². The van der Waals surface area contributed by atoms with Crippen molar-refractivity contribution in [2.24, 2.45) is 0 Å². The van der Waals surface area contributed by atoms with Gasteiger partial charge in [-0.05, 0) is 25.2 Å². The van der Waals surface area contributed by atoms with E-state index in [1.165, 1.54) is 23.0 Å². The lowest BCUT2D eigenvalue weighted by Crippen LogP contribution is -2.25. The van der Waals surface area contributed by atoms with Crippen LogP contribution in [0.1, 0.15) is 5.56 Å². The van der Waals surface area contributed by atoms with Crippen molar-refractivity contribution in [3.05, 3.63) is 36.2 Å². The smallest absolute Gasteiger partial charge is 0.383 e. The number of amides is 1. The first-order valence-corrected chi connectivity index (χ1v) is 7.42. The molecular weight excluding hydrogens is 351 g/mol. The fraction of sp³-hybridized carbons (Fsp3) is 0.200. The summed E-state index contributed by atoms with van der Waals surface area (Å²) < 4.78 is 40.3. The van der Waals surface area contributed by atoms with Crippen LogP contribution in [-0.4, -0.2) is 39.1 Å². The van der Waals surface area contributed by atoms with Crippen molar-refractivity contribution in [2.75, 3.05) is 24.6 Å². The van der Waals surface area contributed by atoms with Gasteiger partial charge >= 0.3 is 6.18 Å². The fourth-order valence-corrected chi connectivity index (χ4v) is 2.29. The second kappa shape index (κ2) is 6.59. The number of nitrogens with one attached hydrogen (secondary N) is 2. The van der Waals surface area contributed by atoms with E-state index < -0.39 is 17.6 Å². The number of halogens is 3. The first-order chi connectivity index (χ1) is 12.3. The Balaban J connectivity index is 1.95. The standard InChI is InChI=1S/C15H14F3N7O/c1-20-6-13(26)23-11-7-25-12(22-11)3-2-10(24-25)8-4-9(15(16,17)18)14(19)21-5-8/h2-5,7,20H,6H2,1H3,(H2,19,21)(H,23,26). The van der Waals surface area contributed by atoms with Gasteiger partial charge in [0.2, 0.25) is 5.91 Å². The largest absolute Gasteiger partial charge is 0.419 e. The zero-order valence-corrected chi connectivity index (χ0v) is 13.5. The molecule has 0 spiro atoms. The summed E-state index contributed by atoms with van der Waals surface area (Å²) in [5, 5.41) is 9.49. The molecule has 136 valence electrons. The Labute approximate surface area is 145 Å². The van der Waals surface area contributed by atoms with Gasteiger partial charge < -0.3 is 16.4 Å². The molecule has 0 bridgehead atoms. The summed E-state index contributed by atoms with van der Waals surface area (Å²) in [6.45, 7) is 0.115. The molecule has 3 aromatic heterocycles. The number of fused-ring (bicyclic) bond motifs is 1. The fourth-order valence-electron chi connectivity index (χ4n) is 2.29. The number of likely N-dealkylation sites (N-methyl/N-ethyl adjacent to an activating group) is 1. The van der Waals surface area contributed by atoms with Gasteiger partial charge in [0.25, 0.3) is 0 Å². The molecule has 26 heavy (non-hydrogen) atoms.